The summed E-state index contributed by atoms with van der Waals surface area (Å²) < 4.78 is 0. The molecular formula is C13H25N. The van der Waals surface area contributed by atoms with Gasteiger partial charge < -0.3 is 5.32 Å². The van der Waals surface area contributed by atoms with E-state index in [1.165, 1.54) is 11.1 Å². The van der Waals surface area contributed by atoms with E-state index < -0.39 is 0 Å². The van der Waals surface area contributed by atoms with Gasteiger partial charge in [-0.25, -0.2) is 0 Å². The maximum absolute atomic E-state index is 3.91. The standard InChI is InChI=1S/C13H25N/c1-11(2)9-13(5)7-6-8-14-10-12(3)4/h7,12,14H,1,6,8-10H2,2-5H3. The molecule has 0 aromatic rings. The van der Waals surface area contributed by atoms with Gasteiger partial charge in [-0.3, -0.25) is 0 Å². The fourth-order valence-corrected chi connectivity index (χ4v) is 1.36. The van der Waals surface area contributed by atoms with Gasteiger partial charge in [0.25, 0.3) is 0 Å². The van der Waals surface area contributed by atoms with E-state index in [1.54, 1.807) is 0 Å². The Morgan fingerprint density at radius 2 is 2.00 bits per heavy atom. The second-order valence-electron chi connectivity index (χ2n) is 4.57. The molecule has 0 aliphatic carbocycles. The normalized spacial score (nSPS) is 12.2. The molecule has 0 aromatic carbocycles. The molecule has 0 rings (SSSR count). The second kappa shape index (κ2) is 7.81. The average Bonchev–Trinajstić information content (AvgIpc) is 2.01. The molecule has 0 bridgehead atoms. The summed E-state index contributed by atoms with van der Waals surface area (Å²) in [6.45, 7) is 14.8. The summed E-state index contributed by atoms with van der Waals surface area (Å²) in [6.07, 6.45) is 4.48. The van der Waals surface area contributed by atoms with Gasteiger partial charge in [-0.05, 0) is 45.7 Å². The molecule has 0 radical (unpaired) electrons. The molecule has 0 amide bonds. The smallest absolute Gasteiger partial charge is 0.00141 e. The number of hydrogen-bond acceptors (Lipinski definition) is 1. The van der Waals surface area contributed by atoms with Crippen molar-refractivity contribution in [1.29, 1.82) is 0 Å². The van der Waals surface area contributed by atoms with E-state index in [0.29, 0.717) is 0 Å². The highest BCUT2D eigenvalue weighted by Gasteiger charge is 1.92. The summed E-state index contributed by atoms with van der Waals surface area (Å²) in [5.41, 5.74) is 2.68. The molecule has 0 saturated carbocycles. The van der Waals surface area contributed by atoms with Crippen molar-refractivity contribution in [1.82, 2.24) is 5.32 Å². The van der Waals surface area contributed by atoms with Gasteiger partial charge in [-0.1, -0.05) is 37.6 Å². The van der Waals surface area contributed by atoms with Crippen molar-refractivity contribution in [3.63, 3.8) is 0 Å². The lowest BCUT2D eigenvalue weighted by Crippen LogP contribution is -2.20. The van der Waals surface area contributed by atoms with Crippen LogP contribution in [0.15, 0.2) is 23.8 Å². The summed E-state index contributed by atoms with van der Waals surface area (Å²) in [7, 11) is 0. The van der Waals surface area contributed by atoms with Crippen LogP contribution in [0.25, 0.3) is 0 Å². The Labute approximate surface area is 89.3 Å². The highest BCUT2D eigenvalue weighted by molar-refractivity contribution is 5.08. The van der Waals surface area contributed by atoms with E-state index in [-0.39, 0.29) is 0 Å². The van der Waals surface area contributed by atoms with Gasteiger partial charge in [0.1, 0.15) is 0 Å². The van der Waals surface area contributed by atoms with Crippen molar-refractivity contribution in [2.75, 3.05) is 13.1 Å². The maximum atomic E-state index is 3.91. The number of hydrogen-bond donors (Lipinski definition) is 1. The van der Waals surface area contributed by atoms with E-state index in [1.807, 2.05) is 0 Å². The van der Waals surface area contributed by atoms with Crippen LogP contribution in [-0.2, 0) is 0 Å². The molecule has 1 nitrogen and oxygen atoms in total. The molecule has 0 heterocycles. The van der Waals surface area contributed by atoms with E-state index in [2.05, 4.69) is 45.7 Å². The molecule has 0 aliphatic heterocycles. The predicted molar refractivity (Wildman–Crippen MR) is 65.5 cm³/mol. The van der Waals surface area contributed by atoms with Crippen LogP contribution in [0.2, 0.25) is 0 Å². The minimum absolute atomic E-state index is 0.746. The van der Waals surface area contributed by atoms with Crippen LogP contribution in [0.1, 0.15) is 40.5 Å². The third-order valence-corrected chi connectivity index (χ3v) is 1.95. The first kappa shape index (κ1) is 13.4. The Morgan fingerprint density at radius 1 is 1.36 bits per heavy atom. The Balaban J connectivity index is 3.46. The minimum Gasteiger partial charge on any atom is -0.316 e. The van der Waals surface area contributed by atoms with Crippen molar-refractivity contribution in [3.8, 4) is 0 Å². The molecule has 0 atom stereocenters. The maximum Gasteiger partial charge on any atom is -0.00141 e. The van der Waals surface area contributed by atoms with Gasteiger partial charge in [0.2, 0.25) is 0 Å². The zero-order valence-corrected chi connectivity index (χ0v) is 10.2. The van der Waals surface area contributed by atoms with Crippen molar-refractivity contribution in [2.45, 2.75) is 40.5 Å². The Morgan fingerprint density at radius 3 is 2.50 bits per heavy atom. The molecule has 1 N–H and O–H groups in total. The highest BCUT2D eigenvalue weighted by atomic mass is 14.8. The van der Waals surface area contributed by atoms with Crippen LogP contribution in [0, 0.1) is 5.92 Å². The molecular weight excluding hydrogens is 170 g/mol. The Kier molecular flexibility index (Phi) is 7.50. The first-order chi connectivity index (χ1) is 6.52. The fourth-order valence-electron chi connectivity index (χ4n) is 1.36. The van der Waals surface area contributed by atoms with Crippen molar-refractivity contribution < 1.29 is 0 Å². The third kappa shape index (κ3) is 9.53. The molecule has 0 aliphatic rings. The van der Waals surface area contributed by atoms with Crippen LogP contribution >= 0.6 is 0 Å². The van der Waals surface area contributed by atoms with Crippen molar-refractivity contribution >= 4 is 0 Å². The molecule has 0 aromatic heterocycles. The highest BCUT2D eigenvalue weighted by Crippen LogP contribution is 2.07. The van der Waals surface area contributed by atoms with Gasteiger partial charge in [-0.2, -0.15) is 0 Å². The van der Waals surface area contributed by atoms with Crippen LogP contribution in [0.5, 0.6) is 0 Å². The molecule has 0 saturated heterocycles. The largest absolute Gasteiger partial charge is 0.316 e. The second-order valence-corrected chi connectivity index (χ2v) is 4.57. The van der Waals surface area contributed by atoms with Crippen LogP contribution < -0.4 is 5.32 Å². The third-order valence-electron chi connectivity index (χ3n) is 1.95. The Hall–Kier alpha value is -0.560. The van der Waals surface area contributed by atoms with E-state index >= 15 is 0 Å². The lowest BCUT2D eigenvalue weighted by molar-refractivity contribution is 0.556. The topological polar surface area (TPSA) is 12.0 Å². The predicted octanol–water partition coefficient (Wildman–Crippen LogP) is 3.53. The lowest BCUT2D eigenvalue weighted by atomic mass is 10.1. The van der Waals surface area contributed by atoms with E-state index in [0.717, 1.165) is 31.8 Å². The van der Waals surface area contributed by atoms with Gasteiger partial charge in [0, 0.05) is 0 Å². The minimum atomic E-state index is 0.746. The van der Waals surface area contributed by atoms with Crippen molar-refractivity contribution in [3.05, 3.63) is 23.8 Å². The monoisotopic (exact) mass is 195 g/mol. The summed E-state index contributed by atoms with van der Waals surface area (Å²) in [6, 6.07) is 0. The van der Waals surface area contributed by atoms with Gasteiger partial charge in [-0.15, -0.1) is 0 Å². The summed E-state index contributed by atoms with van der Waals surface area (Å²) >= 11 is 0. The molecule has 82 valence electrons. The van der Waals surface area contributed by atoms with Gasteiger partial charge >= 0.3 is 0 Å². The first-order valence-electron chi connectivity index (χ1n) is 5.53. The summed E-state index contributed by atoms with van der Waals surface area (Å²) in [5.74, 6) is 0.746. The summed E-state index contributed by atoms with van der Waals surface area (Å²) in [4.78, 5) is 0. The number of nitrogens with one attached hydrogen (secondary N) is 1. The van der Waals surface area contributed by atoms with Crippen LogP contribution in [-0.4, -0.2) is 13.1 Å². The zero-order chi connectivity index (χ0) is 11.0. The Bertz CT molecular complexity index is 189. The average molecular weight is 195 g/mol. The molecule has 1 heteroatoms. The fraction of sp³-hybridized carbons (Fsp3) is 0.692. The molecule has 0 unspecified atom stereocenters. The van der Waals surface area contributed by atoms with E-state index in [9.17, 15) is 0 Å². The lowest BCUT2D eigenvalue weighted by Gasteiger charge is -2.06. The zero-order valence-electron chi connectivity index (χ0n) is 10.2. The van der Waals surface area contributed by atoms with E-state index in [4.69, 9.17) is 0 Å². The number of allylic oxidation sites excluding steroid dienone is 2. The summed E-state index contributed by atoms with van der Waals surface area (Å²) in [5, 5.41) is 3.43. The number of rotatable bonds is 7. The van der Waals surface area contributed by atoms with Gasteiger partial charge in [0.15, 0.2) is 0 Å². The molecule has 14 heavy (non-hydrogen) atoms. The van der Waals surface area contributed by atoms with Crippen molar-refractivity contribution in [2.24, 2.45) is 5.92 Å². The van der Waals surface area contributed by atoms with Crippen LogP contribution in [0.3, 0.4) is 0 Å². The quantitative estimate of drug-likeness (QED) is 0.484. The van der Waals surface area contributed by atoms with Crippen LogP contribution in [0.4, 0.5) is 0 Å². The molecule has 0 spiro atoms. The first-order valence-corrected chi connectivity index (χ1v) is 5.53. The SMILES string of the molecule is C=C(C)CC(C)=CCCNCC(C)C. The molecule has 0 fully saturated rings. The van der Waals surface area contributed by atoms with Gasteiger partial charge in [0.05, 0.1) is 0 Å².